The highest BCUT2D eigenvalue weighted by molar-refractivity contribution is 5.60. The van der Waals surface area contributed by atoms with E-state index in [0.717, 1.165) is 11.3 Å². The van der Waals surface area contributed by atoms with Crippen LogP contribution in [0.4, 0.5) is 18.9 Å². The molecule has 2 aliphatic rings. The van der Waals surface area contributed by atoms with E-state index in [2.05, 4.69) is 5.32 Å². The molecule has 0 aromatic heterocycles. The zero-order chi connectivity index (χ0) is 15.2. The number of phenolic OH excluding ortho intramolecular Hbond substituents is 1. The van der Waals surface area contributed by atoms with Crippen LogP contribution in [0.15, 0.2) is 12.1 Å². The number of benzene rings is 1. The van der Waals surface area contributed by atoms with Crippen molar-refractivity contribution < 1.29 is 23.0 Å². The maximum absolute atomic E-state index is 12.9. The Balaban J connectivity index is 1.85. The molecule has 0 radical (unpaired) electrons. The first-order chi connectivity index (χ1) is 9.88. The molecule has 0 aliphatic carbocycles. The van der Waals surface area contributed by atoms with Crippen molar-refractivity contribution in [3.8, 4) is 11.5 Å². The third-order valence-corrected chi connectivity index (χ3v) is 4.30. The first-order valence-electron chi connectivity index (χ1n) is 6.83. The Hall–Kier alpha value is -1.63. The van der Waals surface area contributed by atoms with Gasteiger partial charge in [-0.2, -0.15) is 13.2 Å². The largest absolute Gasteiger partial charge is 0.504 e. The van der Waals surface area contributed by atoms with Crippen molar-refractivity contribution in [2.75, 3.05) is 25.5 Å². The molecule has 0 unspecified atom stereocenters. The molecule has 116 valence electrons. The lowest BCUT2D eigenvalue weighted by Gasteiger charge is -2.21. The fraction of sp³-hybridized carbons (Fsp3) is 0.571. The fourth-order valence-electron chi connectivity index (χ4n) is 3.14. The molecule has 2 aliphatic heterocycles. The molecule has 3 rings (SSSR count). The summed E-state index contributed by atoms with van der Waals surface area (Å²) in [6.07, 6.45) is -4.02. The first-order valence-corrected chi connectivity index (χ1v) is 6.83. The molecule has 0 bridgehead atoms. The Morgan fingerprint density at radius 1 is 1.38 bits per heavy atom. The number of anilines is 1. The van der Waals surface area contributed by atoms with Gasteiger partial charge in [0, 0.05) is 37.4 Å². The van der Waals surface area contributed by atoms with E-state index < -0.39 is 12.1 Å². The molecule has 1 fully saturated rings. The van der Waals surface area contributed by atoms with Crippen molar-refractivity contribution >= 4 is 5.69 Å². The van der Waals surface area contributed by atoms with Crippen LogP contribution < -0.4 is 10.1 Å². The van der Waals surface area contributed by atoms with E-state index in [1.165, 1.54) is 7.11 Å². The van der Waals surface area contributed by atoms with Gasteiger partial charge in [-0.3, -0.25) is 4.90 Å². The van der Waals surface area contributed by atoms with Gasteiger partial charge in [-0.15, -0.1) is 0 Å². The Morgan fingerprint density at radius 3 is 2.81 bits per heavy atom. The summed E-state index contributed by atoms with van der Waals surface area (Å²) in [5.74, 6) is -0.899. The maximum atomic E-state index is 12.9. The average Bonchev–Trinajstić information content (AvgIpc) is 2.75. The summed E-state index contributed by atoms with van der Waals surface area (Å²) in [6, 6.07) is 3.11. The summed E-state index contributed by atoms with van der Waals surface area (Å²) >= 11 is 0. The molecule has 1 aromatic carbocycles. The van der Waals surface area contributed by atoms with Gasteiger partial charge in [0.25, 0.3) is 0 Å². The minimum Gasteiger partial charge on any atom is -0.504 e. The Kier molecular flexibility index (Phi) is 3.39. The molecule has 1 aromatic rings. The minimum atomic E-state index is -4.14. The number of alkyl halides is 3. The van der Waals surface area contributed by atoms with E-state index in [0.29, 0.717) is 18.8 Å². The molecular formula is C14H17F3N2O2. The second-order valence-corrected chi connectivity index (χ2v) is 5.62. The minimum absolute atomic E-state index is 0.0263. The van der Waals surface area contributed by atoms with Crippen molar-refractivity contribution in [1.82, 2.24) is 4.90 Å². The van der Waals surface area contributed by atoms with Gasteiger partial charge in [0.1, 0.15) is 0 Å². The van der Waals surface area contributed by atoms with E-state index in [-0.39, 0.29) is 24.8 Å². The molecule has 0 amide bonds. The smallest absolute Gasteiger partial charge is 0.393 e. The number of phenols is 1. The Morgan fingerprint density at radius 2 is 2.14 bits per heavy atom. The van der Waals surface area contributed by atoms with Crippen LogP contribution in [0.5, 0.6) is 11.5 Å². The summed E-state index contributed by atoms with van der Waals surface area (Å²) in [6.45, 7) is 0.903. The van der Waals surface area contributed by atoms with Crippen LogP contribution >= 0.6 is 0 Å². The average molecular weight is 302 g/mol. The van der Waals surface area contributed by atoms with E-state index >= 15 is 0 Å². The van der Waals surface area contributed by atoms with Crippen molar-refractivity contribution in [2.24, 2.45) is 5.92 Å². The third-order valence-electron chi connectivity index (χ3n) is 4.30. The van der Waals surface area contributed by atoms with Crippen LogP contribution in [0, 0.1) is 5.92 Å². The predicted octanol–water partition coefficient (Wildman–Crippen LogP) is 2.58. The van der Waals surface area contributed by atoms with Gasteiger partial charge in [-0.05, 0) is 18.1 Å². The molecule has 2 atom stereocenters. The number of rotatable bonds is 1. The van der Waals surface area contributed by atoms with E-state index in [1.54, 1.807) is 12.1 Å². The lowest BCUT2D eigenvalue weighted by Crippen LogP contribution is -2.32. The number of halogens is 3. The van der Waals surface area contributed by atoms with Crippen LogP contribution in [0.25, 0.3) is 0 Å². The molecule has 7 heteroatoms. The topological polar surface area (TPSA) is 44.7 Å². The summed E-state index contributed by atoms with van der Waals surface area (Å²) in [5, 5.41) is 12.9. The highest BCUT2D eigenvalue weighted by atomic mass is 19.4. The van der Waals surface area contributed by atoms with Gasteiger partial charge >= 0.3 is 6.18 Å². The summed E-state index contributed by atoms with van der Waals surface area (Å²) in [5.41, 5.74) is 1.60. The van der Waals surface area contributed by atoms with Gasteiger partial charge in [0.15, 0.2) is 11.5 Å². The Labute approximate surface area is 120 Å². The van der Waals surface area contributed by atoms with Gasteiger partial charge in [0.05, 0.1) is 13.0 Å². The van der Waals surface area contributed by atoms with Crippen molar-refractivity contribution in [2.45, 2.75) is 25.2 Å². The van der Waals surface area contributed by atoms with Gasteiger partial charge < -0.3 is 15.2 Å². The van der Waals surface area contributed by atoms with Crippen LogP contribution in [0.1, 0.15) is 12.0 Å². The normalized spacial score (nSPS) is 25.7. The number of fused-ring (bicyclic) bond motifs is 2. The number of nitrogens with zero attached hydrogens (tertiary/aromatic N) is 1. The number of ether oxygens (including phenoxy) is 1. The lowest BCUT2D eigenvalue weighted by molar-refractivity contribution is -0.170. The summed E-state index contributed by atoms with van der Waals surface area (Å²) in [7, 11) is 1.45. The number of aromatic hydroxyl groups is 1. The summed E-state index contributed by atoms with van der Waals surface area (Å²) in [4.78, 5) is 1.85. The second-order valence-electron chi connectivity index (χ2n) is 5.62. The first kappa shape index (κ1) is 14.3. The number of nitrogens with one attached hydrogen (secondary N) is 1. The third kappa shape index (κ3) is 2.62. The quantitative estimate of drug-likeness (QED) is 0.837. The molecule has 2 N–H and O–H groups in total. The van der Waals surface area contributed by atoms with E-state index in [4.69, 9.17) is 4.74 Å². The Bertz CT molecular complexity index is 548. The zero-order valence-electron chi connectivity index (χ0n) is 11.6. The monoisotopic (exact) mass is 302 g/mol. The maximum Gasteiger partial charge on any atom is 0.393 e. The molecule has 21 heavy (non-hydrogen) atoms. The van der Waals surface area contributed by atoms with Gasteiger partial charge in [-0.1, -0.05) is 0 Å². The van der Waals surface area contributed by atoms with E-state index in [1.807, 2.05) is 4.90 Å². The van der Waals surface area contributed by atoms with Crippen LogP contribution in [0.3, 0.4) is 0 Å². The van der Waals surface area contributed by atoms with Crippen LogP contribution in [-0.2, 0) is 6.54 Å². The molecule has 2 heterocycles. The second kappa shape index (κ2) is 4.98. The number of hydrogen-bond donors (Lipinski definition) is 2. The van der Waals surface area contributed by atoms with Crippen LogP contribution in [-0.4, -0.2) is 42.4 Å². The number of methoxy groups -OCH3 is 1. The van der Waals surface area contributed by atoms with E-state index in [9.17, 15) is 18.3 Å². The lowest BCUT2D eigenvalue weighted by atomic mass is 10.1. The summed E-state index contributed by atoms with van der Waals surface area (Å²) < 4.78 is 43.7. The van der Waals surface area contributed by atoms with Crippen LogP contribution in [0.2, 0.25) is 0 Å². The highest BCUT2D eigenvalue weighted by Crippen LogP contribution is 2.40. The predicted molar refractivity (Wildman–Crippen MR) is 71.5 cm³/mol. The molecular weight excluding hydrogens is 285 g/mol. The number of hydrogen-bond acceptors (Lipinski definition) is 4. The molecule has 1 saturated heterocycles. The fourth-order valence-corrected chi connectivity index (χ4v) is 3.14. The highest BCUT2D eigenvalue weighted by Gasteiger charge is 2.47. The van der Waals surface area contributed by atoms with Gasteiger partial charge in [0.2, 0.25) is 0 Å². The van der Waals surface area contributed by atoms with Crippen molar-refractivity contribution in [3.05, 3.63) is 17.7 Å². The molecule has 0 spiro atoms. The molecule has 0 saturated carbocycles. The van der Waals surface area contributed by atoms with Crippen molar-refractivity contribution in [3.63, 3.8) is 0 Å². The zero-order valence-corrected chi connectivity index (χ0v) is 11.6. The van der Waals surface area contributed by atoms with Gasteiger partial charge in [-0.25, -0.2) is 0 Å². The standard InChI is InChI=1S/C14H17F3N2O2/c1-21-13-2-8-6-19-7-9(14(15,16)17)3-10(19)5-18-11(8)4-12(13)20/h2,4,9-10,18,20H,3,5-7H2,1H3/t9-,10+/m1/s1. The van der Waals surface area contributed by atoms with Crippen molar-refractivity contribution in [1.29, 1.82) is 0 Å². The molecule has 4 nitrogen and oxygen atoms in total. The SMILES string of the molecule is COc1cc2c(cc1O)NC[C@@H]1C[C@@H](C(F)(F)F)CN1C2.